The molecule has 3 nitrogen and oxygen atoms in total. The lowest BCUT2D eigenvalue weighted by Crippen LogP contribution is -2.28. The largest absolute Gasteiger partial charge is 0.433 e. The maximum atomic E-state index is 12.5. The van der Waals surface area contributed by atoms with Crippen LogP contribution in [0, 0.1) is 5.92 Å². The van der Waals surface area contributed by atoms with Crippen LogP contribution in [0.3, 0.4) is 0 Å². The Morgan fingerprint density at radius 2 is 1.92 bits per heavy atom. The van der Waals surface area contributed by atoms with Gasteiger partial charge in [-0.25, -0.2) is 0 Å². The fourth-order valence-corrected chi connectivity index (χ4v) is 2.79. The third-order valence-electron chi connectivity index (χ3n) is 4.29. The number of rotatable bonds is 4. The monoisotopic (exact) mass is 334 g/mol. The first-order chi connectivity index (χ1) is 11.4. The van der Waals surface area contributed by atoms with Gasteiger partial charge in [-0.1, -0.05) is 36.4 Å². The molecule has 1 aliphatic carbocycles. The zero-order chi connectivity index (χ0) is 17.3. The highest BCUT2D eigenvalue weighted by molar-refractivity contribution is 5.83. The quantitative estimate of drug-likeness (QED) is 0.915. The van der Waals surface area contributed by atoms with Gasteiger partial charge >= 0.3 is 6.18 Å². The summed E-state index contributed by atoms with van der Waals surface area (Å²) in [4.78, 5) is 15.7. The predicted octanol–water partition coefficient (Wildman–Crippen LogP) is 4.08. The number of alkyl halides is 3. The van der Waals surface area contributed by atoms with Crippen molar-refractivity contribution in [2.45, 2.75) is 31.5 Å². The van der Waals surface area contributed by atoms with E-state index in [1.807, 2.05) is 30.3 Å². The van der Waals surface area contributed by atoms with Crippen molar-refractivity contribution < 1.29 is 18.0 Å². The van der Waals surface area contributed by atoms with E-state index in [1.165, 1.54) is 6.07 Å². The normalized spacial score (nSPS) is 21.2. The first-order valence-electron chi connectivity index (χ1n) is 7.74. The van der Waals surface area contributed by atoms with Gasteiger partial charge in [-0.3, -0.25) is 9.78 Å². The molecule has 0 aliphatic heterocycles. The van der Waals surface area contributed by atoms with Gasteiger partial charge in [0.15, 0.2) is 0 Å². The molecule has 0 radical (unpaired) electrons. The lowest BCUT2D eigenvalue weighted by molar-refractivity contribution is -0.141. The SMILES string of the molecule is C[C@H](NC(=O)C1C[C@@H]1c1ccccc1)c1ccc(C(F)(F)F)nc1. The molecule has 1 unspecified atom stereocenters. The minimum atomic E-state index is -4.46. The zero-order valence-electron chi connectivity index (χ0n) is 13.0. The van der Waals surface area contributed by atoms with Gasteiger partial charge in [0.2, 0.25) is 5.91 Å². The van der Waals surface area contributed by atoms with Crippen molar-refractivity contribution in [2.75, 3.05) is 0 Å². The minimum absolute atomic E-state index is 0.0720. The number of halogens is 3. The molecule has 6 heteroatoms. The maximum Gasteiger partial charge on any atom is 0.433 e. The fourth-order valence-electron chi connectivity index (χ4n) is 2.79. The van der Waals surface area contributed by atoms with E-state index in [2.05, 4.69) is 10.3 Å². The van der Waals surface area contributed by atoms with Gasteiger partial charge in [0.05, 0.1) is 6.04 Å². The van der Waals surface area contributed by atoms with Crippen LogP contribution in [0.15, 0.2) is 48.7 Å². The molecular formula is C18H17F3N2O. The van der Waals surface area contributed by atoms with Crippen LogP contribution in [0.4, 0.5) is 13.2 Å². The molecule has 1 aromatic carbocycles. The average Bonchev–Trinajstić information content (AvgIpc) is 3.36. The number of nitrogens with one attached hydrogen (secondary N) is 1. The molecule has 1 aromatic heterocycles. The van der Waals surface area contributed by atoms with E-state index >= 15 is 0 Å². The molecule has 1 aliphatic rings. The van der Waals surface area contributed by atoms with E-state index in [4.69, 9.17) is 0 Å². The van der Waals surface area contributed by atoms with Crippen LogP contribution in [0.5, 0.6) is 0 Å². The highest BCUT2D eigenvalue weighted by atomic mass is 19.4. The molecule has 2 aromatic rings. The van der Waals surface area contributed by atoms with Gasteiger partial charge in [-0.2, -0.15) is 13.2 Å². The molecule has 3 rings (SSSR count). The van der Waals surface area contributed by atoms with Crippen molar-refractivity contribution in [3.8, 4) is 0 Å². The first-order valence-corrected chi connectivity index (χ1v) is 7.74. The predicted molar refractivity (Wildman–Crippen MR) is 83.1 cm³/mol. The van der Waals surface area contributed by atoms with E-state index in [-0.39, 0.29) is 23.8 Å². The van der Waals surface area contributed by atoms with E-state index in [0.717, 1.165) is 24.2 Å². The second-order valence-electron chi connectivity index (χ2n) is 6.06. The van der Waals surface area contributed by atoms with Crippen LogP contribution in [0.1, 0.15) is 42.1 Å². The van der Waals surface area contributed by atoms with E-state index in [0.29, 0.717) is 5.56 Å². The smallest absolute Gasteiger partial charge is 0.349 e. The molecule has 0 spiro atoms. The number of carbonyl (C=O) groups excluding carboxylic acids is 1. The number of benzene rings is 1. The van der Waals surface area contributed by atoms with Crippen LogP contribution < -0.4 is 5.32 Å². The molecule has 0 saturated heterocycles. The third kappa shape index (κ3) is 3.58. The van der Waals surface area contributed by atoms with Gasteiger partial charge in [-0.05, 0) is 36.5 Å². The molecule has 1 heterocycles. The van der Waals surface area contributed by atoms with Crippen molar-refractivity contribution in [2.24, 2.45) is 5.92 Å². The van der Waals surface area contributed by atoms with E-state index in [1.54, 1.807) is 6.92 Å². The second kappa shape index (κ2) is 6.26. The number of aromatic nitrogens is 1. The molecule has 1 fully saturated rings. The topological polar surface area (TPSA) is 42.0 Å². The molecule has 3 atom stereocenters. The summed E-state index contributed by atoms with van der Waals surface area (Å²) in [6.07, 6.45) is -2.49. The van der Waals surface area contributed by atoms with Crippen LogP contribution in [0.25, 0.3) is 0 Å². The number of nitrogens with zero attached hydrogens (tertiary/aromatic N) is 1. The lowest BCUT2D eigenvalue weighted by Gasteiger charge is -2.15. The summed E-state index contributed by atoms with van der Waals surface area (Å²) in [5.41, 5.74) is 0.755. The van der Waals surface area contributed by atoms with Gasteiger partial charge < -0.3 is 5.32 Å². The Morgan fingerprint density at radius 3 is 2.50 bits per heavy atom. The average molecular weight is 334 g/mol. The van der Waals surface area contributed by atoms with Crippen molar-refractivity contribution in [1.82, 2.24) is 10.3 Å². The Balaban J connectivity index is 1.59. The summed E-state index contributed by atoms with van der Waals surface area (Å²) >= 11 is 0. The zero-order valence-corrected chi connectivity index (χ0v) is 13.0. The molecule has 0 bridgehead atoms. The Labute approximate surface area is 137 Å². The Morgan fingerprint density at radius 1 is 1.21 bits per heavy atom. The van der Waals surface area contributed by atoms with Crippen molar-refractivity contribution in [1.29, 1.82) is 0 Å². The van der Waals surface area contributed by atoms with Gasteiger partial charge in [0.1, 0.15) is 5.69 Å². The maximum absolute atomic E-state index is 12.5. The fraction of sp³-hybridized carbons (Fsp3) is 0.333. The number of amides is 1. The Hall–Kier alpha value is -2.37. The van der Waals surface area contributed by atoms with Crippen LogP contribution >= 0.6 is 0 Å². The molecule has 1 N–H and O–H groups in total. The minimum Gasteiger partial charge on any atom is -0.349 e. The summed E-state index contributed by atoms with van der Waals surface area (Å²) in [7, 11) is 0. The van der Waals surface area contributed by atoms with Crippen molar-refractivity contribution in [3.05, 3.63) is 65.5 Å². The van der Waals surface area contributed by atoms with Crippen LogP contribution in [-0.2, 0) is 11.0 Å². The lowest BCUT2D eigenvalue weighted by atomic mass is 10.1. The van der Waals surface area contributed by atoms with Crippen LogP contribution in [0.2, 0.25) is 0 Å². The number of hydrogen-bond acceptors (Lipinski definition) is 2. The van der Waals surface area contributed by atoms with Gasteiger partial charge in [0, 0.05) is 12.1 Å². The molecule has 1 saturated carbocycles. The van der Waals surface area contributed by atoms with E-state index < -0.39 is 11.9 Å². The van der Waals surface area contributed by atoms with Gasteiger partial charge in [-0.15, -0.1) is 0 Å². The number of hydrogen-bond donors (Lipinski definition) is 1. The van der Waals surface area contributed by atoms with Gasteiger partial charge in [0.25, 0.3) is 0 Å². The molecule has 1 amide bonds. The molecule has 24 heavy (non-hydrogen) atoms. The summed E-state index contributed by atoms with van der Waals surface area (Å²) in [6.45, 7) is 1.74. The second-order valence-corrected chi connectivity index (χ2v) is 6.06. The molecule has 126 valence electrons. The Bertz CT molecular complexity index is 713. The van der Waals surface area contributed by atoms with E-state index in [9.17, 15) is 18.0 Å². The van der Waals surface area contributed by atoms with Crippen molar-refractivity contribution in [3.63, 3.8) is 0 Å². The summed E-state index contributed by atoms with van der Waals surface area (Å²) in [5.74, 6) is 0.0811. The highest BCUT2D eigenvalue weighted by Crippen LogP contribution is 2.47. The summed E-state index contributed by atoms with van der Waals surface area (Å²) in [6, 6.07) is 11.7. The van der Waals surface area contributed by atoms with Crippen molar-refractivity contribution >= 4 is 5.91 Å². The number of pyridine rings is 1. The van der Waals surface area contributed by atoms with Crippen LogP contribution in [-0.4, -0.2) is 10.9 Å². The Kier molecular flexibility index (Phi) is 4.30. The first kappa shape index (κ1) is 16.5. The highest BCUT2D eigenvalue weighted by Gasteiger charge is 2.44. The third-order valence-corrected chi connectivity index (χ3v) is 4.29. The standard InChI is InChI=1S/C18H17F3N2O/c1-11(13-7-8-16(22-10-13)18(19,20)21)23-17(24)15-9-14(15)12-5-3-2-4-6-12/h2-8,10-11,14-15H,9H2,1H3,(H,23,24)/t11-,14+,15?/m0/s1. The summed E-state index contributed by atoms with van der Waals surface area (Å²) in [5, 5.41) is 2.86. The summed E-state index contributed by atoms with van der Waals surface area (Å²) < 4.78 is 37.6. The number of carbonyl (C=O) groups is 1. The molecular weight excluding hydrogens is 317 g/mol.